The number of fused-ring (bicyclic) bond motifs is 5. The van der Waals surface area contributed by atoms with E-state index >= 15 is 0 Å². The molecule has 0 spiro atoms. The minimum atomic E-state index is -0.0249. The Morgan fingerprint density at radius 2 is 0.802 bits per heavy atom. The van der Waals surface area contributed by atoms with Crippen LogP contribution in [0.15, 0.2) is 278 Å². The first-order valence-electron chi connectivity index (χ1n) is 28.9. The van der Waals surface area contributed by atoms with Gasteiger partial charge in [0.05, 0.1) is 0 Å². The molecule has 81 heavy (non-hydrogen) atoms. The normalized spacial score (nSPS) is 18.1. The van der Waals surface area contributed by atoms with Crippen molar-refractivity contribution in [1.29, 1.82) is 0 Å². The van der Waals surface area contributed by atoms with Gasteiger partial charge in [-0.05, 0) is 180 Å². The molecule has 13 rings (SSSR count). The predicted molar refractivity (Wildman–Crippen MR) is 348 cm³/mol. The average Bonchev–Trinajstić information content (AvgIpc) is 3.94. The first kappa shape index (κ1) is 51.2. The fourth-order valence-electron chi connectivity index (χ4n) is 13.1. The molecule has 4 unspecified atom stereocenters. The van der Waals surface area contributed by atoms with Crippen LogP contribution in [0.1, 0.15) is 84.0 Å². The maximum atomic E-state index is 2.59. The third kappa shape index (κ3) is 10.2. The van der Waals surface area contributed by atoms with Crippen LogP contribution in [0.2, 0.25) is 0 Å². The van der Waals surface area contributed by atoms with E-state index < -0.39 is 0 Å². The van der Waals surface area contributed by atoms with Crippen molar-refractivity contribution in [1.82, 2.24) is 0 Å². The van der Waals surface area contributed by atoms with Gasteiger partial charge in [-0.1, -0.05) is 246 Å². The van der Waals surface area contributed by atoms with Crippen molar-refractivity contribution in [2.24, 2.45) is 17.8 Å². The van der Waals surface area contributed by atoms with Crippen molar-refractivity contribution in [3.63, 3.8) is 0 Å². The summed E-state index contributed by atoms with van der Waals surface area (Å²) in [5.41, 5.74) is 19.9. The third-order valence-corrected chi connectivity index (χ3v) is 17.5. The van der Waals surface area contributed by atoms with E-state index in [0.29, 0.717) is 29.6 Å². The van der Waals surface area contributed by atoms with Crippen LogP contribution in [0.4, 0.5) is 34.1 Å². The van der Waals surface area contributed by atoms with Gasteiger partial charge in [0, 0.05) is 46.0 Å². The van der Waals surface area contributed by atoms with Crippen molar-refractivity contribution in [2.75, 3.05) is 9.80 Å². The number of hydrogen-bond acceptors (Lipinski definition) is 2. The zero-order chi connectivity index (χ0) is 55.0. The SMILES string of the molecule is Cc1cc(/C=C/c2ccc(N(c3ccccc3)c3ccc4ccccc4c3)cc2)ccc1C1C=CC(C2=CC3C(C=C2)c2ccc(/C=C/c4ccc(N(c5ccccc5)c5ccc6ccccc6c5)cc4)cc2C3(C)C)=CC1C(C)C. The molecule has 0 radical (unpaired) electrons. The molecule has 0 fully saturated rings. The van der Waals surface area contributed by atoms with Crippen LogP contribution in [0, 0.1) is 24.7 Å². The number of para-hydroxylation sites is 2. The molecule has 3 aliphatic carbocycles. The van der Waals surface area contributed by atoms with Gasteiger partial charge in [0.15, 0.2) is 0 Å². The van der Waals surface area contributed by atoms with E-state index in [1.54, 1.807) is 0 Å². The standard InChI is InChI=1S/C79H68N2/c1-54(2)76-52-64(36-46-73(76)72-44-32-58(48-55(72)3)26-24-56-28-38-68(39-29-56)80(66-20-8-6-9-21-66)70-42-34-60-16-12-14-18-62(60)50-70)65-37-47-75-74-45-33-59(49-77(74)79(4,5)78(75)53-65)27-25-57-30-40-69(41-31-57)81(67-22-10-7-11-23-67)71-43-35-61-17-13-15-19-63(61)51-71/h6-54,73,75-76,78H,1-5H3/b26-24+,27-25+. The van der Waals surface area contributed by atoms with Crippen molar-refractivity contribution in [2.45, 2.75) is 51.9 Å². The van der Waals surface area contributed by atoms with Crippen LogP contribution >= 0.6 is 0 Å². The van der Waals surface area contributed by atoms with Gasteiger partial charge in [-0.3, -0.25) is 0 Å². The highest BCUT2D eigenvalue weighted by atomic mass is 15.1. The molecule has 10 aromatic carbocycles. The van der Waals surface area contributed by atoms with Crippen LogP contribution in [-0.4, -0.2) is 0 Å². The number of benzene rings is 10. The minimum absolute atomic E-state index is 0.0249. The maximum Gasteiger partial charge on any atom is 0.0468 e. The van der Waals surface area contributed by atoms with E-state index in [0.717, 1.165) is 34.1 Å². The Bertz CT molecular complexity index is 4130. The van der Waals surface area contributed by atoms with Gasteiger partial charge in [-0.25, -0.2) is 0 Å². The van der Waals surface area contributed by atoms with Crippen molar-refractivity contribution in [3.8, 4) is 0 Å². The molecular weight excluding hydrogens is 977 g/mol. The molecule has 2 nitrogen and oxygen atoms in total. The lowest BCUT2D eigenvalue weighted by atomic mass is 9.70. The van der Waals surface area contributed by atoms with E-state index in [2.05, 4.69) is 336 Å². The second kappa shape index (κ2) is 21.8. The molecule has 3 aliphatic rings. The van der Waals surface area contributed by atoms with Gasteiger partial charge in [-0.15, -0.1) is 0 Å². The molecule has 0 saturated heterocycles. The van der Waals surface area contributed by atoms with Crippen LogP contribution in [-0.2, 0) is 5.41 Å². The molecule has 0 saturated carbocycles. The van der Waals surface area contributed by atoms with Crippen LogP contribution in [0.3, 0.4) is 0 Å². The van der Waals surface area contributed by atoms with Gasteiger partial charge in [0.25, 0.3) is 0 Å². The van der Waals surface area contributed by atoms with Crippen molar-refractivity contribution in [3.05, 3.63) is 323 Å². The molecule has 4 atom stereocenters. The number of anilines is 6. The van der Waals surface area contributed by atoms with E-state index in [9.17, 15) is 0 Å². The Hall–Kier alpha value is -9.24. The van der Waals surface area contributed by atoms with Crippen molar-refractivity contribution < 1.29 is 0 Å². The van der Waals surface area contributed by atoms with Gasteiger partial charge >= 0.3 is 0 Å². The molecular formula is C79H68N2. The Morgan fingerprint density at radius 1 is 0.383 bits per heavy atom. The summed E-state index contributed by atoms with van der Waals surface area (Å²) in [5.74, 6) is 1.91. The highest BCUT2D eigenvalue weighted by molar-refractivity contribution is 5.91. The zero-order valence-corrected chi connectivity index (χ0v) is 47.0. The Balaban J connectivity index is 0.685. The molecule has 0 heterocycles. The molecule has 394 valence electrons. The van der Waals surface area contributed by atoms with Gasteiger partial charge in [0.2, 0.25) is 0 Å². The summed E-state index contributed by atoms with van der Waals surface area (Å²) < 4.78 is 0. The largest absolute Gasteiger partial charge is 0.310 e. The monoisotopic (exact) mass is 1040 g/mol. The first-order chi connectivity index (χ1) is 39.6. The van der Waals surface area contributed by atoms with Crippen LogP contribution < -0.4 is 9.80 Å². The average molecular weight is 1050 g/mol. The van der Waals surface area contributed by atoms with Gasteiger partial charge < -0.3 is 9.80 Å². The number of aryl methyl sites for hydroxylation is 1. The predicted octanol–water partition coefficient (Wildman–Crippen LogP) is 21.6. The minimum Gasteiger partial charge on any atom is -0.310 e. The maximum absolute atomic E-state index is 2.59. The fraction of sp³-hybridized carbons (Fsp3) is 0.139. The summed E-state index contributed by atoms with van der Waals surface area (Å²) >= 11 is 0. The number of allylic oxidation sites excluding steroid dienone is 8. The lowest BCUT2D eigenvalue weighted by Crippen LogP contribution is -2.26. The van der Waals surface area contributed by atoms with Crippen LogP contribution in [0.25, 0.3) is 45.8 Å². The second-order valence-electron chi connectivity index (χ2n) is 23.3. The van der Waals surface area contributed by atoms with Gasteiger partial charge in [0.1, 0.15) is 0 Å². The van der Waals surface area contributed by atoms with Crippen LogP contribution in [0.5, 0.6) is 0 Å². The van der Waals surface area contributed by atoms with E-state index in [4.69, 9.17) is 0 Å². The highest BCUT2D eigenvalue weighted by Gasteiger charge is 2.45. The fourth-order valence-corrected chi connectivity index (χ4v) is 13.1. The number of hydrogen-bond donors (Lipinski definition) is 0. The molecule has 0 amide bonds. The highest BCUT2D eigenvalue weighted by Crippen LogP contribution is 2.55. The summed E-state index contributed by atoms with van der Waals surface area (Å²) in [4.78, 5) is 4.67. The Kier molecular flexibility index (Phi) is 13.8. The Morgan fingerprint density at radius 3 is 1.32 bits per heavy atom. The van der Waals surface area contributed by atoms with Gasteiger partial charge in [-0.2, -0.15) is 0 Å². The first-order valence-corrected chi connectivity index (χ1v) is 28.9. The summed E-state index contributed by atoms with van der Waals surface area (Å²) in [6, 6.07) is 83.9. The third-order valence-electron chi connectivity index (χ3n) is 17.5. The lowest BCUT2D eigenvalue weighted by molar-refractivity contribution is 0.392. The van der Waals surface area contributed by atoms with Crippen molar-refractivity contribution >= 4 is 80.0 Å². The quantitative estimate of drug-likeness (QED) is 0.106. The molecule has 0 aromatic heterocycles. The smallest absolute Gasteiger partial charge is 0.0468 e. The summed E-state index contributed by atoms with van der Waals surface area (Å²) in [6.45, 7) is 12.0. The van der Waals surface area contributed by atoms with E-state index in [1.807, 2.05) is 0 Å². The van der Waals surface area contributed by atoms with E-state index in [1.165, 1.54) is 77.2 Å². The molecule has 10 aromatic rings. The summed E-state index contributed by atoms with van der Waals surface area (Å²) in [7, 11) is 0. The molecule has 0 N–H and O–H groups in total. The number of nitrogens with zero attached hydrogens (tertiary/aromatic N) is 2. The Labute approximate surface area is 479 Å². The molecule has 0 bridgehead atoms. The lowest BCUT2D eigenvalue weighted by Gasteiger charge is -2.33. The summed E-state index contributed by atoms with van der Waals surface area (Å²) in [6.07, 6.45) is 24.0. The zero-order valence-electron chi connectivity index (χ0n) is 47.0. The summed E-state index contributed by atoms with van der Waals surface area (Å²) in [5, 5.41) is 4.95. The molecule has 0 aliphatic heterocycles. The topological polar surface area (TPSA) is 6.48 Å². The second-order valence-corrected chi connectivity index (χ2v) is 23.3. The van der Waals surface area contributed by atoms with E-state index in [-0.39, 0.29) is 5.41 Å². The molecule has 2 heteroatoms. The number of rotatable bonds is 13.